The van der Waals surface area contributed by atoms with Crippen molar-refractivity contribution in [1.82, 2.24) is 0 Å². The molecule has 1 nitrogen and oxygen atoms in total. The molecule has 0 heterocycles. The third kappa shape index (κ3) is 4.36. The largest absolute Gasteiger partial charge is 0.495 e. The highest BCUT2D eigenvalue weighted by molar-refractivity contribution is 14.0. The predicted octanol–water partition coefficient (Wildman–Crippen LogP) is 5.50. The van der Waals surface area contributed by atoms with Gasteiger partial charge in [-0.15, -0.1) is 24.0 Å². The van der Waals surface area contributed by atoms with Crippen molar-refractivity contribution in [3.63, 3.8) is 0 Å². The molecule has 0 amide bonds. The van der Waals surface area contributed by atoms with E-state index in [0.717, 1.165) is 5.76 Å². The number of ether oxygens (including phenoxy) is 1. The summed E-state index contributed by atoms with van der Waals surface area (Å²) in [4.78, 5) is 0. The van der Waals surface area contributed by atoms with Gasteiger partial charge < -0.3 is 4.74 Å². The Morgan fingerprint density at radius 2 is 1.08 bits per heavy atom. The predicted molar refractivity (Wildman–Crippen MR) is 126 cm³/mol. The van der Waals surface area contributed by atoms with Crippen LogP contribution in [0.1, 0.15) is 13.8 Å². The van der Waals surface area contributed by atoms with Crippen molar-refractivity contribution in [2.24, 2.45) is 0 Å². The Bertz CT molecular complexity index is 720. The van der Waals surface area contributed by atoms with Crippen LogP contribution in [0.15, 0.2) is 103 Å². The van der Waals surface area contributed by atoms with Crippen LogP contribution in [0.3, 0.4) is 0 Å². The van der Waals surface area contributed by atoms with Crippen molar-refractivity contribution in [3.8, 4) is 0 Å². The van der Waals surface area contributed by atoms with Crippen molar-refractivity contribution in [3.05, 3.63) is 103 Å². The van der Waals surface area contributed by atoms with E-state index in [4.69, 9.17) is 4.74 Å². The van der Waals surface area contributed by atoms with Crippen LogP contribution in [0, 0.1) is 0 Å². The minimum Gasteiger partial charge on any atom is -0.495 e. The standard InChI is InChI=1S/C23H24OP.HI/c1-3-24-20(2)19-25(21-13-7-4-8-14-21,22-15-9-5-10-16-22)23-17-11-6-12-18-23;/h4-19H,3H2,1-2H3;1H/q+1;/b20-19+;. The molecule has 0 bridgehead atoms. The maximum atomic E-state index is 5.85. The second kappa shape index (κ2) is 9.89. The van der Waals surface area contributed by atoms with Crippen LogP contribution in [-0.4, -0.2) is 6.61 Å². The molecule has 0 N–H and O–H groups in total. The Kier molecular flexibility index (Phi) is 7.86. The normalized spacial score (nSPS) is 11.5. The third-order valence-electron chi connectivity index (χ3n) is 4.24. The molecule has 3 heteroatoms. The third-order valence-corrected chi connectivity index (χ3v) is 8.33. The molecule has 0 aliphatic heterocycles. The summed E-state index contributed by atoms with van der Waals surface area (Å²) >= 11 is 0. The molecular formula is C23H25IOP+. The zero-order chi connectivity index (χ0) is 17.5. The summed E-state index contributed by atoms with van der Waals surface area (Å²) in [5, 5.41) is 4.02. The summed E-state index contributed by atoms with van der Waals surface area (Å²) in [5.74, 6) is 3.34. The lowest BCUT2D eigenvalue weighted by molar-refractivity contribution is 0.232. The molecule has 0 unspecified atom stereocenters. The molecule has 0 saturated carbocycles. The highest BCUT2D eigenvalue weighted by Crippen LogP contribution is 2.57. The lowest BCUT2D eigenvalue weighted by Gasteiger charge is -2.24. The Hall–Kier alpha value is -1.64. The second-order valence-corrected chi connectivity index (χ2v) is 9.15. The molecule has 0 aliphatic rings. The lowest BCUT2D eigenvalue weighted by Crippen LogP contribution is -2.29. The fourth-order valence-electron chi connectivity index (χ4n) is 3.20. The average Bonchev–Trinajstić information content (AvgIpc) is 2.68. The van der Waals surface area contributed by atoms with E-state index in [9.17, 15) is 0 Å². The molecule has 0 fully saturated rings. The minimum atomic E-state index is -1.93. The number of benzene rings is 3. The summed E-state index contributed by atoms with van der Waals surface area (Å²) in [6.45, 7) is 4.78. The summed E-state index contributed by atoms with van der Waals surface area (Å²) in [7, 11) is -1.93. The molecule has 3 rings (SSSR count). The molecule has 0 aliphatic carbocycles. The first kappa shape index (κ1) is 20.7. The highest BCUT2D eigenvalue weighted by Gasteiger charge is 2.44. The molecule has 0 radical (unpaired) electrons. The first-order chi connectivity index (χ1) is 12.3. The molecule has 3 aromatic rings. The molecule has 134 valence electrons. The summed E-state index contributed by atoms with van der Waals surface area (Å²) in [6.07, 6.45) is 0. The van der Waals surface area contributed by atoms with Gasteiger partial charge in [0.05, 0.1) is 6.61 Å². The van der Waals surface area contributed by atoms with Crippen LogP contribution in [0.2, 0.25) is 0 Å². The quantitative estimate of drug-likeness (QED) is 0.260. The summed E-state index contributed by atoms with van der Waals surface area (Å²) < 4.78 is 5.85. The summed E-state index contributed by atoms with van der Waals surface area (Å²) in [6, 6.07) is 32.4. The van der Waals surface area contributed by atoms with E-state index in [0.29, 0.717) is 6.61 Å². The Labute approximate surface area is 174 Å². The van der Waals surface area contributed by atoms with Gasteiger partial charge in [-0.05, 0) is 50.2 Å². The van der Waals surface area contributed by atoms with E-state index in [1.165, 1.54) is 15.9 Å². The first-order valence-electron chi connectivity index (χ1n) is 8.65. The molecule has 26 heavy (non-hydrogen) atoms. The second-order valence-electron chi connectivity index (χ2n) is 5.90. The molecule has 0 saturated heterocycles. The van der Waals surface area contributed by atoms with Gasteiger partial charge in [-0.25, -0.2) is 0 Å². The van der Waals surface area contributed by atoms with Crippen LogP contribution >= 0.6 is 31.2 Å². The van der Waals surface area contributed by atoms with Crippen molar-refractivity contribution in [2.75, 3.05) is 6.61 Å². The smallest absolute Gasteiger partial charge is 0.140 e. The van der Waals surface area contributed by atoms with Gasteiger partial charge in [-0.1, -0.05) is 54.6 Å². The van der Waals surface area contributed by atoms with Gasteiger partial charge in [0.2, 0.25) is 0 Å². The van der Waals surface area contributed by atoms with Crippen molar-refractivity contribution < 1.29 is 4.74 Å². The highest BCUT2D eigenvalue weighted by atomic mass is 127. The molecule has 0 spiro atoms. The molecule has 3 aromatic carbocycles. The zero-order valence-electron chi connectivity index (χ0n) is 15.2. The van der Waals surface area contributed by atoms with Gasteiger partial charge in [-0.2, -0.15) is 0 Å². The van der Waals surface area contributed by atoms with Crippen molar-refractivity contribution in [1.29, 1.82) is 0 Å². The number of hydrogen-bond acceptors (Lipinski definition) is 1. The molecule has 0 aromatic heterocycles. The van der Waals surface area contributed by atoms with E-state index >= 15 is 0 Å². The maximum absolute atomic E-state index is 5.85. The zero-order valence-corrected chi connectivity index (χ0v) is 18.4. The lowest BCUT2D eigenvalue weighted by atomic mass is 10.4. The monoisotopic (exact) mass is 475 g/mol. The van der Waals surface area contributed by atoms with Crippen LogP contribution in [-0.2, 0) is 4.74 Å². The minimum absolute atomic E-state index is 0. The van der Waals surface area contributed by atoms with Gasteiger partial charge in [0.1, 0.15) is 34.8 Å². The van der Waals surface area contributed by atoms with E-state index in [2.05, 4.69) is 104 Å². The van der Waals surface area contributed by atoms with E-state index < -0.39 is 7.26 Å². The van der Waals surface area contributed by atoms with E-state index in [1.807, 2.05) is 6.92 Å². The fraction of sp³-hybridized carbons (Fsp3) is 0.130. The molecule has 0 atom stereocenters. The van der Waals surface area contributed by atoms with Crippen molar-refractivity contribution in [2.45, 2.75) is 13.8 Å². The number of rotatable bonds is 6. The van der Waals surface area contributed by atoms with Gasteiger partial charge >= 0.3 is 0 Å². The van der Waals surface area contributed by atoms with Gasteiger partial charge in [0.15, 0.2) is 0 Å². The van der Waals surface area contributed by atoms with E-state index in [1.54, 1.807) is 0 Å². The number of hydrogen-bond donors (Lipinski definition) is 0. The fourth-order valence-corrected chi connectivity index (χ4v) is 7.09. The first-order valence-corrected chi connectivity index (χ1v) is 10.5. The molecular weight excluding hydrogens is 450 g/mol. The van der Waals surface area contributed by atoms with Crippen LogP contribution < -0.4 is 15.9 Å². The summed E-state index contributed by atoms with van der Waals surface area (Å²) in [5.41, 5.74) is 0. The Morgan fingerprint density at radius 1 is 0.731 bits per heavy atom. The van der Waals surface area contributed by atoms with Crippen LogP contribution in [0.5, 0.6) is 0 Å². The van der Waals surface area contributed by atoms with Gasteiger partial charge in [-0.3, -0.25) is 0 Å². The average molecular weight is 475 g/mol. The topological polar surface area (TPSA) is 9.23 Å². The number of halogens is 1. The van der Waals surface area contributed by atoms with Crippen molar-refractivity contribution >= 4 is 47.2 Å². The van der Waals surface area contributed by atoms with E-state index in [-0.39, 0.29) is 24.0 Å². The Morgan fingerprint density at radius 3 is 1.38 bits per heavy atom. The number of allylic oxidation sites excluding steroid dienone is 1. The maximum Gasteiger partial charge on any atom is 0.140 e. The SMILES string of the molecule is CCO/C(C)=C/[P+](c1ccccc1)(c1ccccc1)c1ccccc1.I. The Balaban J connectivity index is 0.00000243. The van der Waals surface area contributed by atoms with Gasteiger partial charge in [0, 0.05) is 0 Å². The van der Waals surface area contributed by atoms with Crippen LogP contribution in [0.25, 0.3) is 0 Å². The van der Waals surface area contributed by atoms with Crippen LogP contribution in [0.4, 0.5) is 0 Å². The van der Waals surface area contributed by atoms with Gasteiger partial charge in [0.25, 0.3) is 0 Å².